The van der Waals surface area contributed by atoms with Crippen molar-refractivity contribution in [3.05, 3.63) is 174 Å². The predicted molar refractivity (Wildman–Crippen MR) is 207 cm³/mol. The Labute approximate surface area is 325 Å². The van der Waals surface area contributed by atoms with E-state index in [1.165, 1.54) is 0 Å². The fraction of sp³-hybridized carbons (Fsp3) is 0.289. The number of benzene rings is 5. The molecule has 7 rings (SSSR count). The van der Waals surface area contributed by atoms with Crippen LogP contribution in [0.4, 0.5) is 0 Å². The van der Waals surface area contributed by atoms with Crippen LogP contribution in [0.3, 0.4) is 0 Å². The second kappa shape index (κ2) is 19.2. The highest BCUT2D eigenvalue weighted by molar-refractivity contribution is 7.99. The minimum absolute atomic E-state index is 0.0103. The number of thioether (sulfide) groups is 1. The largest absolute Gasteiger partial charge is 0.452 e. The molecule has 0 aromatic heterocycles. The molecule has 0 saturated carbocycles. The van der Waals surface area contributed by atoms with E-state index < -0.39 is 60.3 Å². The van der Waals surface area contributed by atoms with Gasteiger partial charge >= 0.3 is 11.9 Å². The number of hydrogen-bond donors (Lipinski definition) is 0. The zero-order valence-electron chi connectivity index (χ0n) is 30.5. The molecule has 8 atom stereocenters. The van der Waals surface area contributed by atoms with Crippen LogP contribution < -0.4 is 0 Å². The first-order valence-electron chi connectivity index (χ1n) is 18.5. The summed E-state index contributed by atoms with van der Waals surface area (Å²) in [6.07, 6.45) is -4.86. The summed E-state index contributed by atoms with van der Waals surface area (Å²) in [5, 5.41) is 0. The lowest BCUT2D eigenvalue weighted by atomic mass is 10.1. The Hall–Kier alpha value is -4.81. The van der Waals surface area contributed by atoms with Crippen LogP contribution in [0.5, 0.6) is 0 Å². The fourth-order valence-corrected chi connectivity index (χ4v) is 7.76. The molecule has 2 aliphatic heterocycles. The maximum absolute atomic E-state index is 13.5. The smallest absolute Gasteiger partial charge is 0.338 e. The van der Waals surface area contributed by atoms with Crippen molar-refractivity contribution in [3.63, 3.8) is 0 Å². The molecular weight excluding hydrogens is 717 g/mol. The van der Waals surface area contributed by atoms with Crippen molar-refractivity contribution >= 4 is 23.7 Å². The molecular formula is C45H44O9S. The molecule has 284 valence electrons. The summed E-state index contributed by atoms with van der Waals surface area (Å²) in [5.74, 6) is -1.14. The summed E-state index contributed by atoms with van der Waals surface area (Å²) in [6, 6.07) is 47.3. The highest BCUT2D eigenvalue weighted by atomic mass is 32.2. The van der Waals surface area contributed by atoms with Gasteiger partial charge in [-0.2, -0.15) is 0 Å². The summed E-state index contributed by atoms with van der Waals surface area (Å²) in [7, 11) is 0. The highest BCUT2D eigenvalue weighted by Gasteiger charge is 2.52. The molecule has 2 aliphatic rings. The van der Waals surface area contributed by atoms with Gasteiger partial charge in [-0.05, 0) is 53.9 Å². The molecule has 0 spiro atoms. The Morgan fingerprint density at radius 3 is 1.53 bits per heavy atom. The van der Waals surface area contributed by atoms with E-state index in [9.17, 15) is 9.59 Å². The van der Waals surface area contributed by atoms with E-state index in [2.05, 4.69) is 0 Å². The van der Waals surface area contributed by atoms with Crippen molar-refractivity contribution < 1.29 is 42.7 Å². The number of carbonyl (C=O) groups is 2. The first kappa shape index (κ1) is 38.5. The van der Waals surface area contributed by atoms with E-state index in [1.54, 1.807) is 60.3 Å². The summed E-state index contributed by atoms with van der Waals surface area (Å²) >= 11 is 1.56. The van der Waals surface area contributed by atoms with Crippen LogP contribution in [-0.2, 0) is 46.4 Å². The molecule has 5 aromatic carbocycles. The summed E-state index contributed by atoms with van der Waals surface area (Å²) in [4.78, 5) is 27.8. The van der Waals surface area contributed by atoms with Gasteiger partial charge in [0.1, 0.15) is 29.9 Å². The molecule has 2 unspecified atom stereocenters. The van der Waals surface area contributed by atoms with Gasteiger partial charge in [-0.15, -0.1) is 0 Å². The maximum Gasteiger partial charge on any atom is 0.338 e. The second-order valence-corrected chi connectivity index (χ2v) is 14.4. The second-order valence-electron chi connectivity index (χ2n) is 13.3. The summed E-state index contributed by atoms with van der Waals surface area (Å²) < 4.78 is 45.1. The Kier molecular flexibility index (Phi) is 13.4. The highest BCUT2D eigenvalue weighted by Crippen LogP contribution is 2.39. The van der Waals surface area contributed by atoms with Crippen LogP contribution in [0.2, 0.25) is 0 Å². The molecule has 0 N–H and O–H groups in total. The van der Waals surface area contributed by atoms with Crippen molar-refractivity contribution in [1.82, 2.24) is 0 Å². The molecule has 2 fully saturated rings. The molecule has 0 aliphatic carbocycles. The molecule has 55 heavy (non-hydrogen) atoms. The average Bonchev–Trinajstić information content (AvgIpc) is 3.74. The predicted octanol–water partition coefficient (Wildman–Crippen LogP) is 8.28. The SMILES string of the molecule is CC[C@@H]1O[C@@H](OC[C@@H]2O[C@@H](Sc3ccccc3)[C@@H](OCc3ccccc3)C2OCc2ccccc2)[C@@H](OC(=O)c2ccccc2)C1OC(=O)c1ccccc1. The lowest BCUT2D eigenvalue weighted by Crippen LogP contribution is -2.43. The van der Waals surface area contributed by atoms with Crippen LogP contribution in [0, 0.1) is 0 Å². The van der Waals surface area contributed by atoms with Crippen LogP contribution in [0.1, 0.15) is 45.2 Å². The van der Waals surface area contributed by atoms with Crippen molar-refractivity contribution in [1.29, 1.82) is 0 Å². The number of hydrogen-bond acceptors (Lipinski definition) is 10. The van der Waals surface area contributed by atoms with Gasteiger partial charge in [0.25, 0.3) is 0 Å². The lowest BCUT2D eigenvalue weighted by molar-refractivity contribution is -0.188. The Morgan fingerprint density at radius 2 is 1.00 bits per heavy atom. The topological polar surface area (TPSA) is 98.8 Å². The molecule has 0 bridgehead atoms. The van der Waals surface area contributed by atoms with E-state index in [0.29, 0.717) is 30.8 Å². The molecule has 2 heterocycles. The van der Waals surface area contributed by atoms with Gasteiger partial charge in [0.2, 0.25) is 0 Å². The Balaban J connectivity index is 1.14. The number of carbonyl (C=O) groups excluding carboxylic acids is 2. The van der Waals surface area contributed by atoms with Crippen molar-refractivity contribution in [3.8, 4) is 0 Å². The first-order chi connectivity index (χ1) is 27.1. The number of ether oxygens (including phenoxy) is 7. The number of rotatable bonds is 16. The maximum atomic E-state index is 13.5. The zero-order chi connectivity index (χ0) is 37.8. The van der Waals surface area contributed by atoms with E-state index in [-0.39, 0.29) is 6.61 Å². The van der Waals surface area contributed by atoms with Crippen molar-refractivity contribution in [2.75, 3.05) is 6.61 Å². The fourth-order valence-electron chi connectivity index (χ4n) is 6.61. The normalized spacial score (nSPS) is 24.7. The molecule has 5 aromatic rings. The van der Waals surface area contributed by atoms with Crippen LogP contribution in [0.15, 0.2) is 157 Å². The van der Waals surface area contributed by atoms with E-state index in [4.69, 9.17) is 33.2 Å². The standard InChI is InChI=1S/C45H44O9S/c1-2-36-39(53-42(46)33-22-12-5-13-23-33)40(54-43(47)34-24-14-6-15-25-34)44(51-36)50-30-37-38(48-28-31-18-8-3-9-19-31)41(49-29-32-20-10-4-11-21-32)45(52-37)55-35-26-16-7-17-27-35/h3-27,36-41,44-45H,2,28-30H2,1H3/t36-,37-,38?,39?,40-,41-,44+,45-/m0/s1. The van der Waals surface area contributed by atoms with Gasteiger partial charge < -0.3 is 33.2 Å². The van der Waals surface area contributed by atoms with Crippen LogP contribution in [0.25, 0.3) is 0 Å². The van der Waals surface area contributed by atoms with E-state index in [1.807, 2.05) is 110 Å². The zero-order valence-corrected chi connectivity index (χ0v) is 31.3. The lowest BCUT2D eigenvalue weighted by Gasteiger charge is -2.27. The quantitative estimate of drug-likeness (QED) is 0.0915. The van der Waals surface area contributed by atoms with Gasteiger partial charge in [-0.25, -0.2) is 9.59 Å². The summed E-state index contributed by atoms with van der Waals surface area (Å²) in [5.41, 5.74) is 2.30. The molecule has 9 nitrogen and oxygen atoms in total. The van der Waals surface area contributed by atoms with Gasteiger partial charge in [-0.3, -0.25) is 0 Å². The number of esters is 2. The molecule has 0 radical (unpaired) electrons. The van der Waals surface area contributed by atoms with E-state index in [0.717, 1.165) is 16.0 Å². The van der Waals surface area contributed by atoms with Gasteiger partial charge in [0.05, 0.1) is 30.9 Å². The van der Waals surface area contributed by atoms with Crippen LogP contribution >= 0.6 is 11.8 Å². The summed E-state index contributed by atoms with van der Waals surface area (Å²) in [6.45, 7) is 2.61. The minimum atomic E-state index is -1.07. The third kappa shape index (κ3) is 10.1. The van der Waals surface area contributed by atoms with Crippen molar-refractivity contribution in [2.24, 2.45) is 0 Å². The van der Waals surface area contributed by atoms with Gasteiger partial charge in [0, 0.05) is 4.90 Å². The monoisotopic (exact) mass is 760 g/mol. The van der Waals surface area contributed by atoms with Crippen LogP contribution in [-0.4, -0.2) is 66.9 Å². The van der Waals surface area contributed by atoms with Gasteiger partial charge in [0.15, 0.2) is 18.5 Å². The van der Waals surface area contributed by atoms with Crippen molar-refractivity contribution in [2.45, 2.75) is 79.8 Å². The van der Waals surface area contributed by atoms with E-state index >= 15 is 0 Å². The Bertz CT molecular complexity index is 1920. The molecule has 10 heteroatoms. The third-order valence-electron chi connectivity index (χ3n) is 9.43. The minimum Gasteiger partial charge on any atom is -0.452 e. The molecule has 2 saturated heterocycles. The Morgan fingerprint density at radius 1 is 0.527 bits per heavy atom. The first-order valence-corrected chi connectivity index (χ1v) is 19.4. The molecule has 0 amide bonds. The van der Waals surface area contributed by atoms with Gasteiger partial charge in [-0.1, -0.05) is 134 Å². The third-order valence-corrected chi connectivity index (χ3v) is 10.6. The average molecular weight is 761 g/mol.